The molecule has 0 spiro atoms. The first kappa shape index (κ1) is 19.6. The molecule has 1 unspecified atom stereocenters. The van der Waals surface area contributed by atoms with Gasteiger partial charge in [0.15, 0.2) is 0 Å². The highest BCUT2D eigenvalue weighted by Crippen LogP contribution is 2.28. The third-order valence-corrected chi connectivity index (χ3v) is 5.27. The van der Waals surface area contributed by atoms with Crippen molar-refractivity contribution < 1.29 is 9.47 Å². The third kappa shape index (κ3) is 16.6. The lowest BCUT2D eigenvalue weighted by molar-refractivity contribution is 0.0650. The fraction of sp³-hybridized carbons (Fsp3) is 1.00. The SMILES string of the molecule is CC(C)CCCSSC(C)OCCCCOC(C)C. The van der Waals surface area contributed by atoms with Crippen LogP contribution in [0.2, 0.25) is 0 Å². The normalized spacial score (nSPS) is 13.4. The molecule has 0 amide bonds. The van der Waals surface area contributed by atoms with E-state index in [1.165, 1.54) is 18.6 Å². The molecule has 0 bridgehead atoms. The Labute approximate surface area is 128 Å². The second kappa shape index (κ2) is 13.6. The minimum atomic E-state index is 0.301. The van der Waals surface area contributed by atoms with E-state index in [2.05, 4.69) is 34.6 Å². The van der Waals surface area contributed by atoms with Gasteiger partial charge in [0.25, 0.3) is 0 Å². The molecule has 0 radical (unpaired) electrons. The van der Waals surface area contributed by atoms with Crippen LogP contribution in [0.25, 0.3) is 0 Å². The van der Waals surface area contributed by atoms with E-state index in [1.54, 1.807) is 0 Å². The summed E-state index contributed by atoms with van der Waals surface area (Å²) in [5.41, 5.74) is 0.301. The quantitative estimate of drug-likeness (QED) is 0.258. The first-order valence-corrected chi connectivity index (χ1v) is 9.92. The molecule has 0 N–H and O–H groups in total. The molecule has 0 saturated heterocycles. The largest absolute Gasteiger partial charge is 0.379 e. The molecule has 0 fully saturated rings. The first-order chi connectivity index (χ1) is 9.02. The summed E-state index contributed by atoms with van der Waals surface area (Å²) in [6, 6.07) is 0. The Morgan fingerprint density at radius 1 is 0.842 bits per heavy atom. The predicted molar refractivity (Wildman–Crippen MR) is 89.9 cm³/mol. The number of ether oxygens (including phenoxy) is 2. The number of rotatable bonds is 13. The van der Waals surface area contributed by atoms with E-state index < -0.39 is 0 Å². The summed E-state index contributed by atoms with van der Waals surface area (Å²) in [5, 5.41) is 0. The van der Waals surface area contributed by atoms with Crippen molar-refractivity contribution in [2.45, 2.75) is 71.8 Å². The third-order valence-electron chi connectivity index (χ3n) is 2.56. The molecular weight excluding hydrogens is 276 g/mol. The average Bonchev–Trinajstić information content (AvgIpc) is 2.32. The molecule has 0 aliphatic rings. The van der Waals surface area contributed by atoms with Crippen molar-refractivity contribution in [3.63, 3.8) is 0 Å². The van der Waals surface area contributed by atoms with Crippen molar-refractivity contribution >= 4 is 21.6 Å². The maximum absolute atomic E-state index is 5.76. The molecule has 116 valence electrons. The van der Waals surface area contributed by atoms with Gasteiger partial charge in [-0.05, 0) is 46.0 Å². The van der Waals surface area contributed by atoms with Gasteiger partial charge in [-0.15, -0.1) is 0 Å². The van der Waals surface area contributed by atoms with Crippen molar-refractivity contribution in [1.29, 1.82) is 0 Å². The molecule has 0 aromatic carbocycles. The van der Waals surface area contributed by atoms with Gasteiger partial charge in [0, 0.05) is 19.0 Å². The van der Waals surface area contributed by atoms with Crippen molar-refractivity contribution in [2.75, 3.05) is 19.0 Å². The van der Waals surface area contributed by atoms with E-state index in [0.717, 1.165) is 32.0 Å². The van der Waals surface area contributed by atoms with Crippen LogP contribution < -0.4 is 0 Å². The molecule has 0 aromatic rings. The lowest BCUT2D eigenvalue weighted by atomic mass is 10.1. The van der Waals surface area contributed by atoms with Crippen LogP contribution in [-0.2, 0) is 9.47 Å². The van der Waals surface area contributed by atoms with E-state index >= 15 is 0 Å². The second-order valence-corrected chi connectivity index (χ2v) is 8.30. The first-order valence-electron chi connectivity index (χ1n) is 7.53. The van der Waals surface area contributed by atoms with Gasteiger partial charge in [0.05, 0.1) is 6.10 Å². The maximum Gasteiger partial charge on any atom is 0.110 e. The van der Waals surface area contributed by atoms with Crippen LogP contribution in [0.3, 0.4) is 0 Å². The monoisotopic (exact) mass is 308 g/mol. The van der Waals surface area contributed by atoms with Crippen molar-refractivity contribution in [1.82, 2.24) is 0 Å². The Hall–Kier alpha value is 0.620. The van der Waals surface area contributed by atoms with Crippen LogP contribution in [0.15, 0.2) is 0 Å². The maximum atomic E-state index is 5.76. The van der Waals surface area contributed by atoms with E-state index in [0.29, 0.717) is 11.5 Å². The summed E-state index contributed by atoms with van der Waals surface area (Å²) in [7, 11) is 3.80. The van der Waals surface area contributed by atoms with Gasteiger partial charge in [-0.3, -0.25) is 0 Å². The Bertz CT molecular complexity index is 187. The topological polar surface area (TPSA) is 18.5 Å². The molecule has 1 atom stereocenters. The summed E-state index contributed by atoms with van der Waals surface area (Å²) in [6.07, 6.45) is 5.18. The van der Waals surface area contributed by atoms with Gasteiger partial charge in [0.2, 0.25) is 0 Å². The Kier molecular flexibility index (Phi) is 14.0. The van der Waals surface area contributed by atoms with Gasteiger partial charge in [-0.1, -0.05) is 41.9 Å². The highest BCUT2D eigenvalue weighted by atomic mass is 33.1. The van der Waals surface area contributed by atoms with E-state index in [1.807, 2.05) is 21.6 Å². The van der Waals surface area contributed by atoms with Crippen LogP contribution in [0.4, 0.5) is 0 Å². The Morgan fingerprint density at radius 2 is 1.47 bits per heavy atom. The smallest absolute Gasteiger partial charge is 0.110 e. The van der Waals surface area contributed by atoms with E-state index in [-0.39, 0.29) is 0 Å². The van der Waals surface area contributed by atoms with Gasteiger partial charge >= 0.3 is 0 Å². The summed E-state index contributed by atoms with van der Waals surface area (Å²) in [6.45, 7) is 12.6. The second-order valence-electron chi connectivity index (χ2n) is 5.52. The molecule has 0 aliphatic carbocycles. The van der Waals surface area contributed by atoms with Crippen molar-refractivity contribution in [3.8, 4) is 0 Å². The molecule has 2 nitrogen and oxygen atoms in total. The fourth-order valence-corrected chi connectivity index (χ4v) is 3.60. The standard InChI is InChI=1S/C15H32O2S2/c1-13(2)9-8-12-18-19-15(5)17-11-7-6-10-16-14(3)4/h13-15H,6-12H2,1-5H3. The van der Waals surface area contributed by atoms with E-state index in [9.17, 15) is 0 Å². The van der Waals surface area contributed by atoms with Crippen LogP contribution >= 0.6 is 21.6 Å². The summed E-state index contributed by atoms with van der Waals surface area (Å²) in [5.74, 6) is 2.06. The van der Waals surface area contributed by atoms with Gasteiger partial charge < -0.3 is 9.47 Å². The fourth-order valence-electron chi connectivity index (χ4n) is 1.49. The van der Waals surface area contributed by atoms with Crippen molar-refractivity contribution in [2.24, 2.45) is 5.92 Å². The van der Waals surface area contributed by atoms with Crippen LogP contribution in [0.5, 0.6) is 0 Å². The molecule has 0 aromatic heterocycles. The number of hydrogen-bond acceptors (Lipinski definition) is 4. The molecule has 0 aliphatic heterocycles. The van der Waals surface area contributed by atoms with Gasteiger partial charge in [-0.25, -0.2) is 0 Å². The van der Waals surface area contributed by atoms with Crippen LogP contribution in [0, 0.1) is 5.92 Å². The number of hydrogen-bond donors (Lipinski definition) is 0. The zero-order chi connectivity index (χ0) is 14.5. The highest BCUT2D eigenvalue weighted by molar-refractivity contribution is 8.76. The van der Waals surface area contributed by atoms with Gasteiger partial charge in [0.1, 0.15) is 5.44 Å². The minimum Gasteiger partial charge on any atom is -0.379 e. The summed E-state index contributed by atoms with van der Waals surface area (Å²) >= 11 is 0. The Balaban J connectivity index is 3.19. The van der Waals surface area contributed by atoms with Crippen LogP contribution in [-0.4, -0.2) is 30.5 Å². The molecule has 4 heteroatoms. The molecule has 0 heterocycles. The molecule has 0 rings (SSSR count). The average molecular weight is 309 g/mol. The number of unbranched alkanes of at least 4 members (excludes halogenated alkanes) is 1. The molecule has 0 saturated carbocycles. The lowest BCUT2D eigenvalue weighted by Gasteiger charge is -2.12. The zero-order valence-electron chi connectivity index (χ0n) is 13.3. The summed E-state index contributed by atoms with van der Waals surface area (Å²) in [4.78, 5) is 0. The Morgan fingerprint density at radius 3 is 2.05 bits per heavy atom. The zero-order valence-corrected chi connectivity index (χ0v) is 14.9. The van der Waals surface area contributed by atoms with Crippen LogP contribution in [0.1, 0.15) is 60.3 Å². The van der Waals surface area contributed by atoms with Crippen molar-refractivity contribution in [3.05, 3.63) is 0 Å². The highest BCUT2D eigenvalue weighted by Gasteiger charge is 2.03. The molecular formula is C15H32O2S2. The summed E-state index contributed by atoms with van der Waals surface area (Å²) < 4.78 is 11.3. The molecule has 19 heavy (non-hydrogen) atoms. The van der Waals surface area contributed by atoms with Gasteiger partial charge in [-0.2, -0.15) is 0 Å². The predicted octanol–water partition coefficient (Wildman–Crippen LogP) is 5.37. The van der Waals surface area contributed by atoms with E-state index in [4.69, 9.17) is 9.47 Å². The lowest BCUT2D eigenvalue weighted by Crippen LogP contribution is -2.07. The minimum absolute atomic E-state index is 0.301.